The van der Waals surface area contributed by atoms with E-state index in [0.29, 0.717) is 12.0 Å². The zero-order chi connectivity index (χ0) is 15.7. The summed E-state index contributed by atoms with van der Waals surface area (Å²) in [6.45, 7) is 4.58. The minimum atomic E-state index is 0.319. The van der Waals surface area contributed by atoms with Crippen LogP contribution in [0.15, 0.2) is 30.0 Å². The zero-order valence-corrected chi connectivity index (χ0v) is 14.4. The highest BCUT2D eigenvalue weighted by atomic mass is 16.5. The van der Waals surface area contributed by atoms with Gasteiger partial charge in [0.2, 0.25) is 0 Å². The number of allylic oxidation sites excluding steroid dienone is 1. The number of hydrogen-bond acceptors (Lipinski definition) is 2. The summed E-state index contributed by atoms with van der Waals surface area (Å²) in [7, 11) is 4.24. The van der Waals surface area contributed by atoms with E-state index in [4.69, 9.17) is 4.74 Å². The number of nitrogens with zero attached hydrogens (tertiary/aromatic N) is 1. The lowest BCUT2D eigenvalue weighted by molar-refractivity contribution is 0.176. The Labute approximate surface area is 135 Å². The maximum absolute atomic E-state index is 6.32. The third-order valence-corrected chi connectivity index (χ3v) is 4.88. The second-order valence-electron chi connectivity index (χ2n) is 7.33. The van der Waals surface area contributed by atoms with Gasteiger partial charge in [-0.1, -0.05) is 26.0 Å². The number of ether oxygens (including phenoxy) is 1. The fourth-order valence-electron chi connectivity index (χ4n) is 3.41. The molecular formula is C20H29NO. The molecule has 0 saturated heterocycles. The molecule has 1 fully saturated rings. The van der Waals surface area contributed by atoms with Gasteiger partial charge in [0.25, 0.3) is 0 Å². The number of hydrogen-bond donors (Lipinski definition) is 0. The van der Waals surface area contributed by atoms with Crippen LogP contribution in [0.1, 0.15) is 68.9 Å². The summed E-state index contributed by atoms with van der Waals surface area (Å²) in [5.41, 5.74) is 4.44. The van der Waals surface area contributed by atoms with Crippen LogP contribution in [0, 0.1) is 0 Å². The Morgan fingerprint density at radius 2 is 1.91 bits per heavy atom. The van der Waals surface area contributed by atoms with Gasteiger partial charge < -0.3 is 9.64 Å². The van der Waals surface area contributed by atoms with Gasteiger partial charge in [0.1, 0.15) is 11.9 Å². The van der Waals surface area contributed by atoms with Crippen molar-refractivity contribution in [1.82, 2.24) is 4.90 Å². The van der Waals surface area contributed by atoms with Crippen molar-refractivity contribution in [3.05, 3.63) is 41.1 Å². The van der Waals surface area contributed by atoms with E-state index in [1.165, 1.54) is 29.7 Å². The van der Waals surface area contributed by atoms with Crippen LogP contribution in [0.5, 0.6) is 5.75 Å². The molecule has 0 aliphatic heterocycles. The van der Waals surface area contributed by atoms with Crippen molar-refractivity contribution in [3.8, 4) is 5.75 Å². The van der Waals surface area contributed by atoms with Crippen molar-refractivity contribution >= 4 is 0 Å². The first kappa shape index (κ1) is 15.5. The molecule has 2 aliphatic rings. The summed E-state index contributed by atoms with van der Waals surface area (Å²) in [6, 6.07) is 6.79. The highest BCUT2D eigenvalue weighted by molar-refractivity contribution is 5.41. The molecule has 2 aliphatic carbocycles. The summed E-state index contributed by atoms with van der Waals surface area (Å²) in [5.74, 6) is 2.45. The molecule has 0 heterocycles. The van der Waals surface area contributed by atoms with Gasteiger partial charge in [0.15, 0.2) is 0 Å². The molecule has 1 aromatic rings. The van der Waals surface area contributed by atoms with Gasteiger partial charge in [-0.25, -0.2) is 0 Å². The molecule has 0 aromatic heterocycles. The summed E-state index contributed by atoms with van der Waals surface area (Å²) in [6.07, 6.45) is 8.63. The lowest BCUT2D eigenvalue weighted by atomic mass is 9.94. The minimum absolute atomic E-state index is 0.319. The first-order valence-corrected chi connectivity index (χ1v) is 8.71. The number of benzene rings is 1. The van der Waals surface area contributed by atoms with Crippen molar-refractivity contribution in [2.75, 3.05) is 14.1 Å². The second-order valence-corrected chi connectivity index (χ2v) is 7.33. The van der Waals surface area contributed by atoms with Gasteiger partial charge in [-0.05, 0) is 60.8 Å². The van der Waals surface area contributed by atoms with Crippen LogP contribution in [-0.4, -0.2) is 25.1 Å². The fourth-order valence-corrected chi connectivity index (χ4v) is 3.41. The number of rotatable bonds is 5. The van der Waals surface area contributed by atoms with Crippen LogP contribution >= 0.6 is 0 Å². The molecule has 1 saturated carbocycles. The van der Waals surface area contributed by atoms with E-state index in [1.54, 1.807) is 0 Å². The maximum atomic E-state index is 6.32. The Kier molecular flexibility index (Phi) is 4.46. The molecule has 120 valence electrons. The minimum Gasteiger partial charge on any atom is -0.490 e. The van der Waals surface area contributed by atoms with Crippen molar-refractivity contribution in [2.45, 2.75) is 63.9 Å². The molecule has 0 N–H and O–H groups in total. The summed E-state index contributed by atoms with van der Waals surface area (Å²) in [4.78, 5) is 2.22. The zero-order valence-electron chi connectivity index (χ0n) is 14.4. The molecule has 3 rings (SSSR count). The molecule has 0 radical (unpaired) electrons. The Balaban J connectivity index is 1.73. The van der Waals surface area contributed by atoms with Gasteiger partial charge >= 0.3 is 0 Å². The molecule has 0 amide bonds. The Hall–Kier alpha value is -1.44. The quantitative estimate of drug-likeness (QED) is 0.753. The molecular weight excluding hydrogens is 270 g/mol. The first-order chi connectivity index (χ1) is 10.5. The highest BCUT2D eigenvalue weighted by Crippen LogP contribution is 2.44. The summed E-state index contributed by atoms with van der Waals surface area (Å²) in [5, 5.41) is 0. The normalized spacial score (nSPS) is 21.7. The molecule has 2 nitrogen and oxygen atoms in total. The van der Waals surface area contributed by atoms with Gasteiger partial charge in [-0.15, -0.1) is 0 Å². The molecule has 0 spiro atoms. The van der Waals surface area contributed by atoms with E-state index >= 15 is 0 Å². The van der Waals surface area contributed by atoms with E-state index in [-0.39, 0.29) is 0 Å². The Morgan fingerprint density at radius 1 is 1.14 bits per heavy atom. The lowest BCUT2D eigenvalue weighted by Gasteiger charge is -2.28. The molecule has 0 bridgehead atoms. The standard InChI is InChI=1S/C20H29NO/c1-14(2)19-11-10-18(13-20(19)15-8-9-15)22-17-7-5-6-16(12-17)21(3)4/h6,10-11,13-15,17H,5,7-9,12H2,1-4H3. The van der Waals surface area contributed by atoms with E-state index in [0.717, 1.165) is 30.9 Å². The van der Waals surface area contributed by atoms with Gasteiger partial charge in [-0.3, -0.25) is 0 Å². The fraction of sp³-hybridized carbons (Fsp3) is 0.600. The Morgan fingerprint density at radius 3 is 2.55 bits per heavy atom. The maximum Gasteiger partial charge on any atom is 0.120 e. The average Bonchev–Trinajstić information content (AvgIpc) is 3.31. The van der Waals surface area contributed by atoms with Gasteiger partial charge in [0.05, 0.1) is 0 Å². The largest absolute Gasteiger partial charge is 0.490 e. The van der Waals surface area contributed by atoms with E-state index in [1.807, 2.05) is 0 Å². The SMILES string of the molecule is CC(C)c1ccc(OC2CCC=C(N(C)C)C2)cc1C1CC1. The monoisotopic (exact) mass is 299 g/mol. The van der Waals surface area contributed by atoms with Crippen LogP contribution in [0.4, 0.5) is 0 Å². The van der Waals surface area contributed by atoms with Crippen LogP contribution in [0.25, 0.3) is 0 Å². The smallest absolute Gasteiger partial charge is 0.120 e. The third kappa shape index (κ3) is 3.48. The van der Waals surface area contributed by atoms with Gasteiger partial charge in [0, 0.05) is 26.2 Å². The Bertz CT molecular complexity index is 555. The van der Waals surface area contributed by atoms with E-state index in [2.05, 4.69) is 57.1 Å². The van der Waals surface area contributed by atoms with Crippen molar-refractivity contribution in [1.29, 1.82) is 0 Å². The van der Waals surface area contributed by atoms with Crippen LogP contribution in [-0.2, 0) is 0 Å². The molecule has 1 unspecified atom stereocenters. The second kappa shape index (κ2) is 6.36. The molecule has 2 heteroatoms. The van der Waals surface area contributed by atoms with E-state index in [9.17, 15) is 0 Å². The van der Waals surface area contributed by atoms with Gasteiger partial charge in [-0.2, -0.15) is 0 Å². The molecule has 1 atom stereocenters. The lowest BCUT2D eigenvalue weighted by Crippen LogP contribution is -2.25. The predicted molar refractivity (Wildman–Crippen MR) is 92.5 cm³/mol. The highest BCUT2D eigenvalue weighted by Gasteiger charge is 2.27. The first-order valence-electron chi connectivity index (χ1n) is 8.71. The van der Waals surface area contributed by atoms with Crippen LogP contribution < -0.4 is 4.74 Å². The van der Waals surface area contributed by atoms with Crippen LogP contribution in [0.2, 0.25) is 0 Å². The third-order valence-electron chi connectivity index (χ3n) is 4.88. The summed E-state index contributed by atoms with van der Waals surface area (Å²) < 4.78 is 6.32. The average molecular weight is 299 g/mol. The predicted octanol–water partition coefficient (Wildman–Crippen LogP) is 5.06. The van der Waals surface area contributed by atoms with Crippen molar-refractivity contribution < 1.29 is 4.74 Å². The van der Waals surface area contributed by atoms with Crippen molar-refractivity contribution in [2.24, 2.45) is 0 Å². The van der Waals surface area contributed by atoms with E-state index < -0.39 is 0 Å². The molecule has 1 aromatic carbocycles. The van der Waals surface area contributed by atoms with Crippen LogP contribution in [0.3, 0.4) is 0 Å². The topological polar surface area (TPSA) is 12.5 Å². The summed E-state index contributed by atoms with van der Waals surface area (Å²) >= 11 is 0. The van der Waals surface area contributed by atoms with Crippen molar-refractivity contribution in [3.63, 3.8) is 0 Å². The molecule has 22 heavy (non-hydrogen) atoms.